The Labute approximate surface area is 142 Å². The number of sulfone groups is 1. The third-order valence-corrected chi connectivity index (χ3v) is 7.16. The fraction of sp³-hybridized carbons (Fsp3) is 0.938. The van der Waals surface area contributed by atoms with Gasteiger partial charge in [0.25, 0.3) is 0 Å². The Morgan fingerprint density at radius 1 is 1.39 bits per heavy atom. The highest BCUT2D eigenvalue weighted by Gasteiger charge is 2.29. The molecule has 6 nitrogen and oxygen atoms in total. The van der Waals surface area contributed by atoms with Crippen molar-refractivity contribution in [2.45, 2.75) is 51.3 Å². The fourth-order valence-electron chi connectivity index (χ4n) is 2.91. The summed E-state index contributed by atoms with van der Waals surface area (Å²) in [6, 6.07) is 0.557. The van der Waals surface area contributed by atoms with E-state index in [1.165, 1.54) is 19.4 Å². The van der Waals surface area contributed by atoms with Gasteiger partial charge in [0.2, 0.25) is 0 Å². The molecule has 1 saturated heterocycles. The first kappa shape index (κ1) is 20.2. The molecule has 0 aromatic rings. The number of nitrogens with one attached hydrogen (secondary N) is 1. The second-order valence-corrected chi connectivity index (χ2v) is 10.1. The summed E-state index contributed by atoms with van der Waals surface area (Å²) in [5, 5.41) is 3.18. The Hall–Kier alpha value is -0.820. The molecule has 1 aliphatic rings. The van der Waals surface area contributed by atoms with E-state index in [0.717, 1.165) is 19.0 Å². The maximum Gasteiger partial charge on any atom is 0.193 e. The van der Waals surface area contributed by atoms with Gasteiger partial charge in [0.05, 0.1) is 10.5 Å². The fourth-order valence-corrected chi connectivity index (χ4v) is 3.89. The minimum absolute atomic E-state index is 0.119. The van der Waals surface area contributed by atoms with E-state index < -0.39 is 14.6 Å². The lowest BCUT2D eigenvalue weighted by atomic mass is 10.2. The Morgan fingerprint density at radius 2 is 2.04 bits per heavy atom. The van der Waals surface area contributed by atoms with Gasteiger partial charge in [-0.2, -0.15) is 0 Å². The highest BCUT2D eigenvalue weighted by Crippen LogP contribution is 2.17. The molecule has 1 unspecified atom stereocenters. The molecule has 0 spiro atoms. The number of likely N-dealkylation sites (tertiary alicyclic amines) is 1. The summed E-state index contributed by atoms with van der Waals surface area (Å²) in [7, 11) is 0.646. The van der Waals surface area contributed by atoms with E-state index >= 15 is 0 Å². The number of hydrogen-bond donors (Lipinski definition) is 1. The van der Waals surface area contributed by atoms with Crippen LogP contribution in [0.25, 0.3) is 0 Å². The van der Waals surface area contributed by atoms with E-state index in [9.17, 15) is 8.42 Å². The normalized spacial score (nSPS) is 20.8. The zero-order valence-electron chi connectivity index (χ0n) is 15.6. The molecule has 1 rings (SSSR count). The quantitative estimate of drug-likeness (QED) is 0.578. The predicted molar refractivity (Wildman–Crippen MR) is 97.8 cm³/mol. The number of rotatable bonds is 6. The molecule has 0 aromatic carbocycles. The van der Waals surface area contributed by atoms with Crippen molar-refractivity contribution >= 4 is 15.8 Å². The summed E-state index contributed by atoms with van der Waals surface area (Å²) >= 11 is 0. The Balaban J connectivity index is 2.51. The first-order chi connectivity index (χ1) is 10.6. The molecule has 23 heavy (non-hydrogen) atoms. The molecule has 1 N–H and O–H groups in total. The Morgan fingerprint density at radius 3 is 2.57 bits per heavy atom. The van der Waals surface area contributed by atoms with Crippen LogP contribution in [-0.2, 0) is 9.84 Å². The lowest BCUT2D eigenvalue weighted by Crippen LogP contribution is -2.47. The van der Waals surface area contributed by atoms with Gasteiger partial charge in [0.15, 0.2) is 15.8 Å². The molecular formula is C16H34N4O2S. The lowest BCUT2D eigenvalue weighted by molar-refractivity contribution is 0.233. The van der Waals surface area contributed by atoms with Crippen LogP contribution in [-0.4, -0.2) is 81.0 Å². The molecule has 7 heteroatoms. The zero-order valence-corrected chi connectivity index (χ0v) is 16.4. The van der Waals surface area contributed by atoms with Gasteiger partial charge in [0, 0.05) is 33.2 Å². The second-order valence-electron chi connectivity index (χ2n) is 7.21. The molecule has 0 amide bonds. The topological polar surface area (TPSA) is 65.0 Å². The number of aliphatic imine (C=N–C) groups is 1. The minimum Gasteiger partial charge on any atom is -0.355 e. The van der Waals surface area contributed by atoms with Crippen molar-refractivity contribution < 1.29 is 8.42 Å². The number of likely N-dealkylation sites (N-methyl/N-ethyl adjacent to an activating group) is 2. The standard InChI is InChI=1S/C16H34N4O2S/c1-7-20-11-8-9-14(20)13-19(6)15(17-5)18-10-12-23(21,22)16(2,3)4/h14H,7-13H2,1-6H3,(H,17,18). The number of nitrogens with zero attached hydrogens (tertiary/aromatic N) is 3. The van der Waals surface area contributed by atoms with Crippen molar-refractivity contribution in [1.29, 1.82) is 0 Å². The third-order valence-electron chi connectivity index (χ3n) is 4.55. The summed E-state index contributed by atoms with van der Waals surface area (Å²) in [6.45, 7) is 11.0. The van der Waals surface area contributed by atoms with Crippen LogP contribution in [0.3, 0.4) is 0 Å². The highest BCUT2D eigenvalue weighted by atomic mass is 32.2. The first-order valence-corrected chi connectivity index (χ1v) is 10.2. The Bertz CT molecular complexity index is 497. The van der Waals surface area contributed by atoms with Crippen molar-refractivity contribution in [3.63, 3.8) is 0 Å². The van der Waals surface area contributed by atoms with E-state index in [2.05, 4.69) is 27.0 Å². The van der Waals surface area contributed by atoms with Gasteiger partial charge in [-0.05, 0) is 46.7 Å². The van der Waals surface area contributed by atoms with Crippen molar-refractivity contribution in [2.75, 3.05) is 46.0 Å². The maximum absolute atomic E-state index is 12.2. The maximum atomic E-state index is 12.2. The largest absolute Gasteiger partial charge is 0.355 e. The second kappa shape index (κ2) is 8.33. The number of hydrogen-bond acceptors (Lipinski definition) is 4. The highest BCUT2D eigenvalue weighted by molar-refractivity contribution is 7.92. The lowest BCUT2D eigenvalue weighted by Gasteiger charge is -2.30. The van der Waals surface area contributed by atoms with Crippen LogP contribution in [0.5, 0.6) is 0 Å². The molecule has 0 aliphatic carbocycles. The molecule has 1 atom stereocenters. The van der Waals surface area contributed by atoms with Crippen LogP contribution in [0.2, 0.25) is 0 Å². The smallest absolute Gasteiger partial charge is 0.193 e. The van der Waals surface area contributed by atoms with Crippen LogP contribution >= 0.6 is 0 Å². The summed E-state index contributed by atoms with van der Waals surface area (Å²) in [6.07, 6.45) is 2.47. The zero-order chi connectivity index (χ0) is 17.7. The molecule has 0 saturated carbocycles. The van der Waals surface area contributed by atoms with Gasteiger partial charge < -0.3 is 10.2 Å². The third kappa shape index (κ3) is 5.64. The van der Waals surface area contributed by atoms with Crippen LogP contribution in [0.15, 0.2) is 4.99 Å². The van der Waals surface area contributed by atoms with Crippen molar-refractivity contribution in [3.8, 4) is 0 Å². The van der Waals surface area contributed by atoms with Crippen LogP contribution in [0.1, 0.15) is 40.5 Å². The minimum atomic E-state index is -3.11. The monoisotopic (exact) mass is 346 g/mol. The molecule has 0 radical (unpaired) electrons. The molecule has 1 aliphatic heterocycles. The van der Waals surface area contributed by atoms with E-state index in [1.54, 1.807) is 27.8 Å². The van der Waals surface area contributed by atoms with Gasteiger partial charge in [-0.25, -0.2) is 8.42 Å². The van der Waals surface area contributed by atoms with Crippen LogP contribution in [0.4, 0.5) is 0 Å². The van der Waals surface area contributed by atoms with E-state index in [1.807, 2.05) is 7.05 Å². The average Bonchev–Trinajstić information content (AvgIpc) is 2.89. The SMILES string of the molecule is CCN1CCCC1CN(C)C(=NC)NCCS(=O)(=O)C(C)(C)C. The average molecular weight is 347 g/mol. The molecule has 1 fully saturated rings. The summed E-state index contributed by atoms with van der Waals surface area (Å²) in [5.74, 6) is 0.880. The van der Waals surface area contributed by atoms with Crippen molar-refractivity contribution in [1.82, 2.24) is 15.1 Å². The molecule has 136 valence electrons. The first-order valence-electron chi connectivity index (χ1n) is 8.50. The summed E-state index contributed by atoms with van der Waals surface area (Å²) in [5.41, 5.74) is 0. The Kier molecular flexibility index (Phi) is 7.32. The van der Waals surface area contributed by atoms with Crippen LogP contribution < -0.4 is 5.32 Å². The molecule has 0 bridgehead atoms. The molecule has 1 heterocycles. The van der Waals surface area contributed by atoms with Crippen molar-refractivity contribution in [3.05, 3.63) is 0 Å². The predicted octanol–water partition coefficient (Wildman–Crippen LogP) is 1.19. The van der Waals surface area contributed by atoms with Gasteiger partial charge in [-0.3, -0.25) is 9.89 Å². The summed E-state index contributed by atoms with van der Waals surface area (Å²) < 4.78 is 23.6. The van der Waals surface area contributed by atoms with E-state index in [0.29, 0.717) is 12.6 Å². The van der Waals surface area contributed by atoms with E-state index in [-0.39, 0.29) is 5.75 Å². The van der Waals surface area contributed by atoms with Gasteiger partial charge in [-0.15, -0.1) is 0 Å². The van der Waals surface area contributed by atoms with Gasteiger partial charge in [0.1, 0.15) is 0 Å². The van der Waals surface area contributed by atoms with Gasteiger partial charge in [-0.1, -0.05) is 6.92 Å². The summed E-state index contributed by atoms with van der Waals surface area (Å²) in [4.78, 5) is 8.87. The van der Waals surface area contributed by atoms with Gasteiger partial charge >= 0.3 is 0 Å². The van der Waals surface area contributed by atoms with Crippen molar-refractivity contribution in [2.24, 2.45) is 4.99 Å². The molecular weight excluding hydrogens is 312 g/mol. The number of guanidine groups is 1. The molecule has 0 aromatic heterocycles. The van der Waals surface area contributed by atoms with Crippen LogP contribution in [0, 0.1) is 0 Å². The van der Waals surface area contributed by atoms with E-state index in [4.69, 9.17) is 0 Å².